The Balaban J connectivity index is 2.67. The lowest BCUT2D eigenvalue weighted by Crippen LogP contribution is -2.10. The van der Waals surface area contributed by atoms with Crippen LogP contribution in [0.5, 0.6) is 0 Å². The van der Waals surface area contributed by atoms with Gasteiger partial charge in [-0.15, -0.1) is 0 Å². The van der Waals surface area contributed by atoms with Crippen molar-refractivity contribution in [2.24, 2.45) is 11.1 Å². The van der Waals surface area contributed by atoms with Crippen molar-refractivity contribution in [1.82, 2.24) is 0 Å². The predicted molar refractivity (Wildman–Crippen MR) is 48.3 cm³/mol. The van der Waals surface area contributed by atoms with E-state index in [1.54, 1.807) is 19.1 Å². The molecule has 66 valence electrons. The Morgan fingerprint density at radius 3 is 2.54 bits per heavy atom. The van der Waals surface area contributed by atoms with Crippen molar-refractivity contribution < 1.29 is 10.0 Å². The Morgan fingerprint density at radius 2 is 1.92 bits per heavy atom. The Bertz CT molecular complexity index is 396. The summed E-state index contributed by atoms with van der Waals surface area (Å²) >= 11 is 0. The van der Waals surface area contributed by atoms with Gasteiger partial charge in [-0.25, -0.2) is 0 Å². The van der Waals surface area contributed by atoms with Crippen LogP contribution in [0.4, 0.5) is 0 Å². The number of carbonyl (C=O) groups excluding carboxylic acids is 1. The first-order valence-corrected chi connectivity index (χ1v) is 4.11. The van der Waals surface area contributed by atoms with Gasteiger partial charge in [0.1, 0.15) is 0 Å². The highest BCUT2D eigenvalue weighted by Crippen LogP contribution is 2.26. The van der Waals surface area contributed by atoms with Gasteiger partial charge in [-0.2, -0.15) is 0 Å². The van der Waals surface area contributed by atoms with E-state index in [1.807, 2.05) is 12.1 Å². The summed E-state index contributed by atoms with van der Waals surface area (Å²) in [6, 6.07) is 7.19. The summed E-state index contributed by atoms with van der Waals surface area (Å²) in [5, 5.41) is 11.9. The van der Waals surface area contributed by atoms with Gasteiger partial charge >= 0.3 is 0 Å². The normalized spacial score (nSPS) is 23.6. The zero-order valence-corrected chi connectivity index (χ0v) is 7.19. The minimum atomic E-state index is -0.317. The van der Waals surface area contributed by atoms with E-state index in [1.165, 1.54) is 0 Å². The average Bonchev–Trinajstić information content (AvgIpc) is 2.41. The quantitative estimate of drug-likeness (QED) is 0.482. The molecule has 0 heterocycles. The van der Waals surface area contributed by atoms with Gasteiger partial charge in [-0.3, -0.25) is 4.79 Å². The molecule has 1 aromatic carbocycles. The van der Waals surface area contributed by atoms with Crippen molar-refractivity contribution in [3.05, 3.63) is 35.4 Å². The van der Waals surface area contributed by atoms with E-state index >= 15 is 0 Å². The number of hydrogen-bond acceptors (Lipinski definition) is 3. The van der Waals surface area contributed by atoms with Crippen molar-refractivity contribution in [3.63, 3.8) is 0 Å². The fourth-order valence-electron chi connectivity index (χ4n) is 1.65. The molecule has 1 aliphatic rings. The first kappa shape index (κ1) is 7.98. The number of nitrogens with zero attached hydrogens (tertiary/aromatic N) is 1. The zero-order chi connectivity index (χ0) is 9.42. The zero-order valence-electron chi connectivity index (χ0n) is 7.19. The minimum absolute atomic E-state index is 0.0309. The topological polar surface area (TPSA) is 49.7 Å². The summed E-state index contributed by atoms with van der Waals surface area (Å²) in [4.78, 5) is 11.6. The van der Waals surface area contributed by atoms with E-state index in [-0.39, 0.29) is 11.7 Å². The van der Waals surface area contributed by atoms with E-state index < -0.39 is 0 Å². The second-order valence-electron chi connectivity index (χ2n) is 3.12. The van der Waals surface area contributed by atoms with E-state index in [2.05, 4.69) is 5.16 Å². The molecule has 0 radical (unpaired) electrons. The molecule has 0 saturated heterocycles. The van der Waals surface area contributed by atoms with Crippen LogP contribution < -0.4 is 0 Å². The molecule has 0 amide bonds. The summed E-state index contributed by atoms with van der Waals surface area (Å²) in [5.41, 5.74) is 1.88. The molecular formula is C10H9NO2. The molecule has 0 saturated carbocycles. The number of fused-ring (bicyclic) bond motifs is 1. The highest BCUT2D eigenvalue weighted by Gasteiger charge is 2.33. The number of oxime groups is 1. The molecule has 13 heavy (non-hydrogen) atoms. The van der Waals surface area contributed by atoms with Crippen LogP contribution in [0.15, 0.2) is 29.4 Å². The molecule has 3 heteroatoms. The minimum Gasteiger partial charge on any atom is -0.411 e. The maximum Gasteiger partial charge on any atom is 0.172 e. The van der Waals surface area contributed by atoms with Crippen molar-refractivity contribution in [2.45, 2.75) is 6.92 Å². The summed E-state index contributed by atoms with van der Waals surface area (Å²) in [7, 11) is 0. The van der Waals surface area contributed by atoms with Crippen LogP contribution in [-0.4, -0.2) is 16.7 Å². The van der Waals surface area contributed by atoms with Crippen LogP contribution in [0.25, 0.3) is 0 Å². The number of rotatable bonds is 0. The second-order valence-corrected chi connectivity index (χ2v) is 3.12. The second kappa shape index (κ2) is 2.69. The number of carbonyl (C=O) groups is 1. The van der Waals surface area contributed by atoms with Crippen LogP contribution in [0.2, 0.25) is 0 Å². The third-order valence-electron chi connectivity index (χ3n) is 2.38. The fourth-order valence-corrected chi connectivity index (χ4v) is 1.65. The standard InChI is InChI=1S/C10H9NO2/c1-6-9(11-13)7-4-2-3-5-8(7)10(6)12/h2-6,13H,1H3/b11-9-. The summed E-state index contributed by atoms with van der Waals surface area (Å²) in [5.74, 6) is -0.286. The van der Waals surface area contributed by atoms with Gasteiger partial charge in [-0.05, 0) is 6.92 Å². The first-order chi connectivity index (χ1) is 6.25. The molecule has 0 fully saturated rings. The molecule has 1 aliphatic carbocycles. The van der Waals surface area contributed by atoms with Gasteiger partial charge < -0.3 is 5.21 Å². The van der Waals surface area contributed by atoms with Crippen LogP contribution in [0.3, 0.4) is 0 Å². The molecule has 2 rings (SSSR count). The summed E-state index contributed by atoms with van der Waals surface area (Å²) < 4.78 is 0. The number of ketones is 1. The van der Waals surface area contributed by atoms with Crippen LogP contribution in [0, 0.1) is 5.92 Å². The number of benzene rings is 1. The van der Waals surface area contributed by atoms with E-state index in [0.717, 1.165) is 5.56 Å². The molecule has 0 bridgehead atoms. The van der Waals surface area contributed by atoms with Gasteiger partial charge in [0, 0.05) is 11.1 Å². The maximum absolute atomic E-state index is 11.6. The van der Waals surface area contributed by atoms with E-state index in [4.69, 9.17) is 5.21 Å². The van der Waals surface area contributed by atoms with Crippen molar-refractivity contribution in [1.29, 1.82) is 0 Å². The summed E-state index contributed by atoms with van der Waals surface area (Å²) in [6.07, 6.45) is 0. The van der Waals surface area contributed by atoms with Crippen LogP contribution >= 0.6 is 0 Å². The predicted octanol–water partition coefficient (Wildman–Crippen LogP) is 1.70. The largest absolute Gasteiger partial charge is 0.411 e. The lowest BCUT2D eigenvalue weighted by molar-refractivity contribution is 0.0967. The van der Waals surface area contributed by atoms with Crippen LogP contribution in [0.1, 0.15) is 22.8 Å². The van der Waals surface area contributed by atoms with Gasteiger partial charge in [0.05, 0.1) is 11.6 Å². The first-order valence-electron chi connectivity index (χ1n) is 4.11. The third-order valence-corrected chi connectivity index (χ3v) is 2.38. The molecule has 1 atom stereocenters. The average molecular weight is 175 g/mol. The smallest absolute Gasteiger partial charge is 0.172 e. The van der Waals surface area contributed by atoms with E-state index in [0.29, 0.717) is 11.3 Å². The third kappa shape index (κ3) is 0.967. The lowest BCUT2D eigenvalue weighted by atomic mass is 10.1. The molecule has 0 aromatic heterocycles. The highest BCUT2D eigenvalue weighted by molar-refractivity contribution is 6.27. The van der Waals surface area contributed by atoms with Crippen molar-refractivity contribution in [3.8, 4) is 0 Å². The van der Waals surface area contributed by atoms with Crippen molar-refractivity contribution >= 4 is 11.5 Å². The molecular weight excluding hydrogens is 166 g/mol. The molecule has 1 unspecified atom stereocenters. The Kier molecular flexibility index (Phi) is 1.65. The van der Waals surface area contributed by atoms with Crippen molar-refractivity contribution in [2.75, 3.05) is 0 Å². The van der Waals surface area contributed by atoms with Crippen LogP contribution in [-0.2, 0) is 0 Å². The molecule has 1 aromatic rings. The Labute approximate surface area is 75.7 Å². The lowest BCUT2D eigenvalue weighted by Gasteiger charge is -1.97. The summed E-state index contributed by atoms with van der Waals surface area (Å²) in [6.45, 7) is 1.75. The molecule has 1 N–H and O–H groups in total. The molecule has 3 nitrogen and oxygen atoms in total. The van der Waals surface area contributed by atoms with E-state index in [9.17, 15) is 4.79 Å². The molecule has 0 aliphatic heterocycles. The maximum atomic E-state index is 11.6. The van der Waals surface area contributed by atoms with Gasteiger partial charge in [-0.1, -0.05) is 29.4 Å². The Hall–Kier alpha value is -1.64. The number of Topliss-reactive ketones (excluding diaryl/α,β-unsaturated/α-hetero) is 1. The fraction of sp³-hybridized carbons (Fsp3) is 0.200. The molecule has 0 spiro atoms. The van der Waals surface area contributed by atoms with Gasteiger partial charge in [0.15, 0.2) is 5.78 Å². The SMILES string of the molecule is CC1C(=O)c2ccccc2/C1=N\O. The highest BCUT2D eigenvalue weighted by atomic mass is 16.4. The van der Waals surface area contributed by atoms with Gasteiger partial charge in [0.2, 0.25) is 0 Å². The van der Waals surface area contributed by atoms with Gasteiger partial charge in [0.25, 0.3) is 0 Å². The Morgan fingerprint density at radius 1 is 1.31 bits per heavy atom. The number of hydrogen-bond donors (Lipinski definition) is 1. The monoisotopic (exact) mass is 175 g/mol.